The van der Waals surface area contributed by atoms with Gasteiger partial charge >= 0.3 is 0 Å². The third kappa shape index (κ3) is 3.87. The van der Waals surface area contributed by atoms with Crippen LogP contribution >= 0.6 is 11.8 Å². The van der Waals surface area contributed by atoms with Gasteiger partial charge in [-0.1, -0.05) is 23.8 Å². The predicted octanol–water partition coefficient (Wildman–Crippen LogP) is 3.72. The van der Waals surface area contributed by atoms with Crippen LogP contribution in [-0.4, -0.2) is 41.1 Å². The van der Waals surface area contributed by atoms with Crippen molar-refractivity contribution in [3.8, 4) is 0 Å². The first kappa shape index (κ1) is 19.2. The van der Waals surface area contributed by atoms with E-state index in [1.807, 2.05) is 55.6 Å². The molecule has 1 saturated heterocycles. The van der Waals surface area contributed by atoms with Crippen molar-refractivity contribution in [3.05, 3.63) is 83.9 Å². The molecule has 146 valence electrons. The Hall–Kier alpha value is -2.09. The first-order valence-electron chi connectivity index (χ1n) is 9.31. The molecule has 0 saturated carbocycles. The van der Waals surface area contributed by atoms with Gasteiger partial charge in [-0.05, 0) is 43.3 Å². The highest BCUT2D eigenvalue weighted by Gasteiger charge is 2.31. The number of hydrogen-bond acceptors (Lipinski definition) is 5. The number of thioether (sulfide) groups is 1. The minimum absolute atomic E-state index is 0.0268. The lowest BCUT2D eigenvalue weighted by atomic mass is 10.2. The minimum atomic E-state index is -3.61. The highest BCUT2D eigenvalue weighted by Crippen LogP contribution is 2.39. The van der Waals surface area contributed by atoms with E-state index in [0.29, 0.717) is 4.90 Å². The summed E-state index contributed by atoms with van der Waals surface area (Å²) >= 11 is 1.79. The summed E-state index contributed by atoms with van der Waals surface area (Å²) in [4.78, 5) is 7.06. The smallest absolute Gasteiger partial charge is 0.267 e. The van der Waals surface area contributed by atoms with Crippen LogP contribution in [-0.2, 0) is 16.4 Å². The summed E-state index contributed by atoms with van der Waals surface area (Å²) in [6.45, 7) is 3.74. The molecule has 3 aromatic rings. The first-order valence-corrected chi connectivity index (χ1v) is 11.8. The molecule has 1 aliphatic heterocycles. The molecule has 0 radical (unpaired) electrons. The maximum Gasteiger partial charge on any atom is 0.267 e. The quantitative estimate of drug-likeness (QED) is 0.616. The summed E-state index contributed by atoms with van der Waals surface area (Å²) in [5.41, 5.74) is 2.91. The highest BCUT2D eigenvalue weighted by atomic mass is 32.2. The van der Waals surface area contributed by atoms with E-state index < -0.39 is 10.0 Å². The van der Waals surface area contributed by atoms with Gasteiger partial charge in [-0.3, -0.25) is 9.88 Å². The van der Waals surface area contributed by atoms with E-state index in [2.05, 4.69) is 9.88 Å². The number of aromatic nitrogens is 2. The lowest BCUT2D eigenvalue weighted by molar-refractivity contribution is 0.289. The number of pyridine rings is 1. The van der Waals surface area contributed by atoms with Crippen molar-refractivity contribution in [2.45, 2.75) is 23.6 Å². The fourth-order valence-electron chi connectivity index (χ4n) is 3.42. The summed E-state index contributed by atoms with van der Waals surface area (Å²) in [5.74, 6) is 0.989. The topological polar surface area (TPSA) is 55.2 Å². The van der Waals surface area contributed by atoms with Gasteiger partial charge in [0.1, 0.15) is 0 Å². The van der Waals surface area contributed by atoms with Gasteiger partial charge in [0.15, 0.2) is 0 Å². The van der Waals surface area contributed by atoms with Gasteiger partial charge in [-0.2, -0.15) is 0 Å². The average molecular weight is 414 g/mol. The number of hydrogen-bond donors (Lipinski definition) is 0. The van der Waals surface area contributed by atoms with E-state index in [1.54, 1.807) is 30.1 Å². The van der Waals surface area contributed by atoms with Crippen LogP contribution in [0.3, 0.4) is 0 Å². The SMILES string of the molecule is Cc1ccc(S(=O)(=O)n2cccc2C2SCCN2CCc2ccccn2)cc1. The Morgan fingerprint density at radius 2 is 1.93 bits per heavy atom. The monoisotopic (exact) mass is 413 g/mol. The van der Waals surface area contributed by atoms with Gasteiger partial charge in [0.25, 0.3) is 10.0 Å². The standard InChI is InChI=1S/C21H23N3O2S2/c1-17-7-9-19(10-8-17)28(25,26)24-13-4-6-20(24)21-23(15-16-27-21)14-11-18-5-2-3-12-22-18/h2-10,12-13,21H,11,14-16H2,1H3. The molecule has 1 aromatic carbocycles. The molecule has 3 heterocycles. The zero-order valence-electron chi connectivity index (χ0n) is 15.7. The lowest BCUT2D eigenvalue weighted by Crippen LogP contribution is -2.28. The van der Waals surface area contributed by atoms with Crippen molar-refractivity contribution in [3.63, 3.8) is 0 Å². The zero-order valence-corrected chi connectivity index (χ0v) is 17.4. The molecule has 7 heteroatoms. The molecule has 28 heavy (non-hydrogen) atoms. The molecule has 5 nitrogen and oxygen atoms in total. The molecular weight excluding hydrogens is 390 g/mol. The second kappa shape index (κ2) is 8.11. The van der Waals surface area contributed by atoms with Crippen molar-refractivity contribution in [1.82, 2.24) is 13.9 Å². The van der Waals surface area contributed by atoms with E-state index in [4.69, 9.17) is 0 Å². The van der Waals surface area contributed by atoms with E-state index in [-0.39, 0.29) is 5.37 Å². The Labute approximate surface area is 170 Å². The van der Waals surface area contributed by atoms with Crippen LogP contribution in [0.15, 0.2) is 71.9 Å². The summed E-state index contributed by atoms with van der Waals surface area (Å²) in [6.07, 6.45) is 4.31. The van der Waals surface area contributed by atoms with Crippen LogP contribution in [0.1, 0.15) is 22.3 Å². The summed E-state index contributed by atoms with van der Waals surface area (Å²) in [7, 11) is -3.61. The third-order valence-corrected chi connectivity index (χ3v) is 7.93. The van der Waals surface area contributed by atoms with Crippen molar-refractivity contribution in [2.24, 2.45) is 0 Å². The highest BCUT2D eigenvalue weighted by molar-refractivity contribution is 7.99. The zero-order chi connectivity index (χ0) is 19.6. The molecule has 1 unspecified atom stereocenters. The van der Waals surface area contributed by atoms with Crippen LogP contribution in [0.2, 0.25) is 0 Å². The predicted molar refractivity (Wildman–Crippen MR) is 113 cm³/mol. The van der Waals surface area contributed by atoms with Crippen LogP contribution < -0.4 is 0 Å². The van der Waals surface area contributed by atoms with E-state index in [9.17, 15) is 8.42 Å². The molecule has 2 aromatic heterocycles. The maximum atomic E-state index is 13.2. The lowest BCUT2D eigenvalue weighted by Gasteiger charge is -2.24. The maximum absolute atomic E-state index is 13.2. The van der Waals surface area contributed by atoms with Crippen molar-refractivity contribution >= 4 is 21.8 Å². The van der Waals surface area contributed by atoms with Crippen LogP contribution in [0.5, 0.6) is 0 Å². The van der Waals surface area contributed by atoms with Gasteiger partial charge < -0.3 is 0 Å². The Morgan fingerprint density at radius 3 is 2.68 bits per heavy atom. The summed E-state index contributed by atoms with van der Waals surface area (Å²) in [5, 5.41) is 0.0268. The Kier molecular flexibility index (Phi) is 5.57. The Bertz CT molecular complexity index is 1030. The second-order valence-electron chi connectivity index (χ2n) is 6.88. The minimum Gasteiger partial charge on any atom is -0.285 e. The number of rotatable bonds is 6. The van der Waals surface area contributed by atoms with Gasteiger partial charge in [0.05, 0.1) is 16.0 Å². The molecule has 1 aliphatic rings. The molecule has 0 N–H and O–H groups in total. The molecule has 0 spiro atoms. The summed E-state index contributed by atoms with van der Waals surface area (Å²) in [6, 6.07) is 16.7. The van der Waals surface area contributed by atoms with E-state index in [0.717, 1.165) is 42.2 Å². The molecule has 1 atom stereocenters. The van der Waals surface area contributed by atoms with Crippen molar-refractivity contribution in [2.75, 3.05) is 18.8 Å². The fourth-order valence-corrected chi connectivity index (χ4v) is 6.21. The van der Waals surface area contributed by atoms with Crippen LogP contribution in [0.25, 0.3) is 0 Å². The number of benzene rings is 1. The number of nitrogens with zero attached hydrogens (tertiary/aromatic N) is 3. The Morgan fingerprint density at radius 1 is 1.11 bits per heavy atom. The Balaban J connectivity index is 1.58. The number of aryl methyl sites for hydroxylation is 1. The molecule has 0 bridgehead atoms. The normalized spacial score (nSPS) is 17.8. The molecule has 0 amide bonds. The van der Waals surface area contributed by atoms with Crippen molar-refractivity contribution < 1.29 is 8.42 Å². The van der Waals surface area contributed by atoms with Gasteiger partial charge in [-0.15, -0.1) is 11.8 Å². The third-order valence-electron chi connectivity index (χ3n) is 4.94. The fraction of sp³-hybridized carbons (Fsp3) is 0.286. The largest absolute Gasteiger partial charge is 0.285 e. The first-order chi connectivity index (χ1) is 13.6. The van der Waals surface area contributed by atoms with Crippen molar-refractivity contribution in [1.29, 1.82) is 0 Å². The van der Waals surface area contributed by atoms with E-state index in [1.165, 1.54) is 3.97 Å². The second-order valence-corrected chi connectivity index (χ2v) is 9.88. The summed E-state index contributed by atoms with van der Waals surface area (Å²) < 4.78 is 27.8. The molecule has 1 fully saturated rings. The van der Waals surface area contributed by atoms with Crippen LogP contribution in [0.4, 0.5) is 0 Å². The van der Waals surface area contributed by atoms with E-state index >= 15 is 0 Å². The van der Waals surface area contributed by atoms with Gasteiger partial charge in [0.2, 0.25) is 0 Å². The van der Waals surface area contributed by atoms with Crippen LogP contribution in [0, 0.1) is 6.92 Å². The van der Waals surface area contributed by atoms with Gasteiger partial charge in [-0.25, -0.2) is 12.4 Å². The molecule has 0 aliphatic carbocycles. The van der Waals surface area contributed by atoms with Gasteiger partial charge in [0, 0.05) is 43.4 Å². The molecular formula is C21H23N3O2S2. The molecule has 4 rings (SSSR count). The average Bonchev–Trinajstić information content (AvgIpc) is 3.37.